The highest BCUT2D eigenvalue weighted by molar-refractivity contribution is 6.74. The Kier molecular flexibility index (Phi) is 7.61. The second-order valence-corrected chi connectivity index (χ2v) is 16.6. The second-order valence-electron chi connectivity index (χ2n) is 6.61. The van der Waals surface area contributed by atoms with Crippen LogP contribution in [0, 0.1) is 0 Å². The van der Waals surface area contributed by atoms with E-state index in [1.165, 1.54) is 0 Å². The molecule has 0 amide bonds. The Hall–Kier alpha value is 0.571. The Labute approximate surface area is 119 Å². The minimum atomic E-state index is -1.77. The third kappa shape index (κ3) is 5.29. The van der Waals surface area contributed by atoms with Crippen LogP contribution in [0.15, 0.2) is 0 Å². The molecular weight excluding hydrogens is 272 g/mol. The summed E-state index contributed by atoms with van der Waals surface area (Å²) in [6.07, 6.45) is 2.21. The van der Waals surface area contributed by atoms with E-state index in [9.17, 15) is 0 Å². The van der Waals surface area contributed by atoms with Crippen molar-refractivity contribution in [1.82, 2.24) is 0 Å². The molecule has 0 rings (SSSR count). The molecule has 0 bridgehead atoms. The topological polar surface area (TPSA) is 18.5 Å². The van der Waals surface area contributed by atoms with Crippen molar-refractivity contribution in [3.63, 3.8) is 0 Å². The molecule has 18 heavy (non-hydrogen) atoms. The van der Waals surface area contributed by atoms with Crippen LogP contribution < -0.4 is 0 Å². The molecule has 1 unspecified atom stereocenters. The molecule has 0 saturated carbocycles. The van der Waals surface area contributed by atoms with E-state index < -0.39 is 26.2 Å². The molecule has 0 aromatic rings. The second kappa shape index (κ2) is 7.38. The number of hydrogen-bond donors (Lipinski definition) is 0. The Balaban J connectivity index is 4.89. The standard InChI is InChI=1S/C13H34O2Si3/c1-10-12(14-17(6)7)18(8,9)15-13(3,11-2)16(4)5/h12,16-17H,10-11H2,1-9H3/t12?,13-/m0/s1. The molecule has 0 aromatic heterocycles. The van der Waals surface area contributed by atoms with Crippen LogP contribution in [0.2, 0.25) is 39.3 Å². The average Bonchev–Trinajstić information content (AvgIpc) is 2.24. The minimum absolute atomic E-state index is 0.130. The molecule has 0 fully saturated rings. The third-order valence-corrected chi connectivity index (χ3v) is 11.4. The van der Waals surface area contributed by atoms with Gasteiger partial charge in [-0.2, -0.15) is 0 Å². The van der Waals surface area contributed by atoms with Gasteiger partial charge < -0.3 is 8.85 Å². The summed E-state index contributed by atoms with van der Waals surface area (Å²) in [6.45, 7) is 20.8. The van der Waals surface area contributed by atoms with E-state index in [0.717, 1.165) is 12.8 Å². The lowest BCUT2D eigenvalue weighted by Crippen LogP contribution is -2.56. The van der Waals surface area contributed by atoms with Crippen LogP contribution in [0.5, 0.6) is 0 Å². The fraction of sp³-hybridized carbons (Fsp3) is 1.00. The lowest BCUT2D eigenvalue weighted by atomic mass is 10.3. The molecule has 0 radical (unpaired) electrons. The molecule has 0 aliphatic carbocycles. The molecule has 2 nitrogen and oxygen atoms in total. The van der Waals surface area contributed by atoms with Gasteiger partial charge in [-0.25, -0.2) is 0 Å². The van der Waals surface area contributed by atoms with E-state index in [1.807, 2.05) is 0 Å². The van der Waals surface area contributed by atoms with Crippen molar-refractivity contribution >= 4 is 26.2 Å². The van der Waals surface area contributed by atoms with Crippen molar-refractivity contribution in [1.29, 1.82) is 0 Å². The van der Waals surface area contributed by atoms with Crippen LogP contribution in [0.1, 0.15) is 33.6 Å². The predicted molar refractivity (Wildman–Crippen MR) is 90.2 cm³/mol. The smallest absolute Gasteiger partial charge is 0.213 e. The van der Waals surface area contributed by atoms with E-state index >= 15 is 0 Å². The van der Waals surface area contributed by atoms with Gasteiger partial charge in [-0.05, 0) is 46.0 Å². The van der Waals surface area contributed by atoms with E-state index in [4.69, 9.17) is 8.85 Å². The zero-order chi connectivity index (χ0) is 14.6. The van der Waals surface area contributed by atoms with Crippen LogP contribution in [0.3, 0.4) is 0 Å². The van der Waals surface area contributed by atoms with Gasteiger partial charge in [-0.1, -0.05) is 26.9 Å². The molecule has 5 heteroatoms. The lowest BCUT2D eigenvalue weighted by molar-refractivity contribution is 0.125. The lowest BCUT2D eigenvalue weighted by Gasteiger charge is -2.43. The maximum absolute atomic E-state index is 6.69. The van der Waals surface area contributed by atoms with E-state index in [-0.39, 0.29) is 5.22 Å². The van der Waals surface area contributed by atoms with Gasteiger partial charge in [-0.3, -0.25) is 0 Å². The highest BCUT2D eigenvalue weighted by Gasteiger charge is 2.41. The van der Waals surface area contributed by atoms with Crippen LogP contribution in [0.25, 0.3) is 0 Å². The van der Waals surface area contributed by atoms with Crippen LogP contribution in [-0.2, 0) is 8.85 Å². The number of hydrogen-bond acceptors (Lipinski definition) is 2. The molecule has 0 saturated heterocycles. The first kappa shape index (κ1) is 18.6. The maximum Gasteiger partial charge on any atom is 0.213 e. The van der Waals surface area contributed by atoms with Crippen molar-refractivity contribution in [2.75, 3.05) is 0 Å². The van der Waals surface area contributed by atoms with Gasteiger partial charge in [0.05, 0.1) is 14.5 Å². The van der Waals surface area contributed by atoms with Crippen molar-refractivity contribution in [3.8, 4) is 0 Å². The summed E-state index contributed by atoms with van der Waals surface area (Å²) >= 11 is 0. The molecular formula is C13H34O2Si3. The zero-order valence-electron chi connectivity index (χ0n) is 14.0. The Morgan fingerprint density at radius 2 is 1.61 bits per heavy atom. The Morgan fingerprint density at radius 1 is 1.11 bits per heavy atom. The molecule has 2 atom stereocenters. The highest BCUT2D eigenvalue weighted by Crippen LogP contribution is 2.28. The van der Waals surface area contributed by atoms with E-state index in [0.29, 0.717) is 5.73 Å². The summed E-state index contributed by atoms with van der Waals surface area (Å²) in [5.41, 5.74) is 0.364. The van der Waals surface area contributed by atoms with Gasteiger partial charge in [0.1, 0.15) is 0 Å². The first-order valence-corrected chi connectivity index (χ1v) is 16.1. The van der Waals surface area contributed by atoms with Gasteiger partial charge in [0.25, 0.3) is 0 Å². The summed E-state index contributed by atoms with van der Waals surface area (Å²) in [6, 6.07) is 0. The van der Waals surface area contributed by atoms with Gasteiger partial charge in [-0.15, -0.1) is 0 Å². The average molecular weight is 307 g/mol. The van der Waals surface area contributed by atoms with E-state index in [2.05, 4.69) is 60.1 Å². The largest absolute Gasteiger partial charge is 0.418 e. The summed E-state index contributed by atoms with van der Waals surface area (Å²) in [4.78, 5) is 0. The molecule has 0 spiro atoms. The fourth-order valence-electron chi connectivity index (χ4n) is 2.35. The van der Waals surface area contributed by atoms with Gasteiger partial charge in [0.15, 0.2) is 9.04 Å². The Morgan fingerprint density at radius 3 is 1.89 bits per heavy atom. The molecule has 0 aliphatic rings. The SMILES string of the molecule is CCC(O[SiH](C)C)[Si](C)(C)O[C@](C)(CC)[SiH](C)C. The first-order chi connectivity index (χ1) is 8.09. The summed E-state index contributed by atoms with van der Waals surface area (Å²) in [5, 5.41) is 0.130. The summed E-state index contributed by atoms with van der Waals surface area (Å²) in [7, 11) is -3.57. The molecule has 0 N–H and O–H groups in total. The fourth-order valence-corrected chi connectivity index (χ4v) is 10.5. The predicted octanol–water partition coefficient (Wildman–Crippen LogP) is 3.72. The molecule has 0 heterocycles. The Bertz CT molecular complexity index is 244. The van der Waals surface area contributed by atoms with Gasteiger partial charge in [0, 0.05) is 5.22 Å². The summed E-state index contributed by atoms with van der Waals surface area (Å²) < 4.78 is 12.9. The van der Waals surface area contributed by atoms with Crippen molar-refractivity contribution in [2.45, 2.75) is 83.8 Å². The normalized spacial score (nSPS) is 18.2. The van der Waals surface area contributed by atoms with Crippen LogP contribution in [-0.4, -0.2) is 37.1 Å². The van der Waals surface area contributed by atoms with E-state index in [1.54, 1.807) is 0 Å². The highest BCUT2D eigenvalue weighted by atomic mass is 28.4. The summed E-state index contributed by atoms with van der Waals surface area (Å²) in [5.74, 6) is 0. The first-order valence-electron chi connectivity index (χ1n) is 7.44. The van der Waals surface area contributed by atoms with Crippen molar-refractivity contribution in [3.05, 3.63) is 0 Å². The van der Waals surface area contributed by atoms with Crippen molar-refractivity contribution < 1.29 is 8.85 Å². The van der Waals surface area contributed by atoms with Crippen molar-refractivity contribution in [2.24, 2.45) is 0 Å². The van der Waals surface area contributed by atoms with Gasteiger partial charge in [0.2, 0.25) is 8.32 Å². The van der Waals surface area contributed by atoms with Crippen LogP contribution >= 0.6 is 0 Å². The third-order valence-electron chi connectivity index (χ3n) is 4.00. The zero-order valence-corrected chi connectivity index (χ0v) is 17.3. The molecule has 0 aliphatic heterocycles. The number of rotatable bonds is 8. The maximum atomic E-state index is 6.69. The molecule has 0 aromatic carbocycles. The minimum Gasteiger partial charge on any atom is -0.418 e. The van der Waals surface area contributed by atoms with Crippen LogP contribution in [0.4, 0.5) is 0 Å². The monoisotopic (exact) mass is 306 g/mol. The quantitative estimate of drug-likeness (QED) is 0.636. The molecule has 110 valence electrons. The van der Waals surface area contributed by atoms with Gasteiger partial charge >= 0.3 is 0 Å².